The van der Waals surface area contributed by atoms with Gasteiger partial charge in [0.15, 0.2) is 5.75 Å². The highest BCUT2D eigenvalue weighted by Crippen LogP contribution is 2.35. The number of aromatic nitrogens is 2. The quantitative estimate of drug-likeness (QED) is 0.938. The average molecular weight is 295 g/mol. The Kier molecular flexibility index (Phi) is 4.35. The monoisotopic (exact) mass is 294 g/mol. The van der Waals surface area contributed by atoms with E-state index >= 15 is 0 Å². The molecule has 1 unspecified atom stereocenters. The summed E-state index contributed by atoms with van der Waals surface area (Å²) in [5, 5.41) is 15.5. The maximum atomic E-state index is 10.7. The third-order valence-electron chi connectivity index (χ3n) is 3.28. The summed E-state index contributed by atoms with van der Waals surface area (Å²) in [4.78, 5) is 0. The van der Waals surface area contributed by atoms with Crippen LogP contribution in [0, 0.1) is 6.92 Å². The fourth-order valence-corrected chi connectivity index (χ4v) is 2.44. The third kappa shape index (κ3) is 2.53. The Labute approximate surface area is 123 Å². The number of aryl methyl sites for hydroxylation is 1. The lowest BCUT2D eigenvalue weighted by Gasteiger charge is -2.19. The largest absolute Gasteiger partial charge is 0.493 e. The van der Waals surface area contributed by atoms with Crippen LogP contribution in [-0.4, -0.2) is 22.0 Å². The number of hydrogen-bond donors (Lipinski definition) is 1. The fourth-order valence-electron chi connectivity index (χ4n) is 2.21. The molecule has 4 nitrogen and oxygen atoms in total. The molecule has 0 bridgehead atoms. The summed E-state index contributed by atoms with van der Waals surface area (Å²) < 4.78 is 7.05. The normalized spacial score (nSPS) is 12.8. The summed E-state index contributed by atoms with van der Waals surface area (Å²) in [6, 6.07) is 5.72. The van der Waals surface area contributed by atoms with Crippen LogP contribution in [0.5, 0.6) is 5.75 Å². The standard InChI is InChI=1S/C15H19ClN2O2/c1-9(2)18-14(12(20-4)8-17-18)15(19)11-7-5-6-10(3)13(11)16/h5-9,15,19H,1-4H3. The average Bonchev–Trinajstić information content (AvgIpc) is 2.85. The van der Waals surface area contributed by atoms with E-state index in [1.165, 1.54) is 0 Å². The topological polar surface area (TPSA) is 47.3 Å². The maximum Gasteiger partial charge on any atom is 0.163 e. The molecular weight excluding hydrogens is 276 g/mol. The second-order valence-electron chi connectivity index (χ2n) is 5.02. The lowest BCUT2D eigenvalue weighted by molar-refractivity contribution is 0.199. The van der Waals surface area contributed by atoms with Crippen LogP contribution in [0.2, 0.25) is 5.02 Å². The van der Waals surface area contributed by atoms with Crippen LogP contribution >= 0.6 is 11.6 Å². The van der Waals surface area contributed by atoms with Crippen LogP contribution in [0.4, 0.5) is 0 Å². The van der Waals surface area contributed by atoms with E-state index in [1.807, 2.05) is 39.0 Å². The Morgan fingerprint density at radius 2 is 2.05 bits per heavy atom. The lowest BCUT2D eigenvalue weighted by Crippen LogP contribution is -2.13. The van der Waals surface area contributed by atoms with Crippen LogP contribution < -0.4 is 4.74 Å². The van der Waals surface area contributed by atoms with E-state index in [1.54, 1.807) is 18.0 Å². The van der Waals surface area contributed by atoms with Gasteiger partial charge in [0.1, 0.15) is 11.8 Å². The van der Waals surface area contributed by atoms with Gasteiger partial charge in [0.05, 0.1) is 13.3 Å². The van der Waals surface area contributed by atoms with Crippen molar-refractivity contribution in [3.8, 4) is 5.75 Å². The van der Waals surface area contributed by atoms with Crippen LogP contribution in [0.3, 0.4) is 0 Å². The van der Waals surface area contributed by atoms with Crippen molar-refractivity contribution in [1.29, 1.82) is 0 Å². The molecule has 5 heteroatoms. The van der Waals surface area contributed by atoms with Gasteiger partial charge in [0, 0.05) is 16.6 Å². The van der Waals surface area contributed by atoms with Crippen LogP contribution in [0.1, 0.15) is 42.8 Å². The van der Waals surface area contributed by atoms with Gasteiger partial charge in [-0.15, -0.1) is 0 Å². The second kappa shape index (κ2) is 5.85. The molecule has 1 N–H and O–H groups in total. The predicted octanol–water partition coefficient (Wildman–Crippen LogP) is 3.52. The molecule has 0 aliphatic rings. The number of nitrogens with zero attached hydrogens (tertiary/aromatic N) is 2. The van der Waals surface area contributed by atoms with Gasteiger partial charge in [0.25, 0.3) is 0 Å². The first kappa shape index (κ1) is 14.9. The van der Waals surface area contributed by atoms with Crippen LogP contribution in [0.25, 0.3) is 0 Å². The first-order valence-corrected chi connectivity index (χ1v) is 6.89. The summed E-state index contributed by atoms with van der Waals surface area (Å²) in [6.45, 7) is 5.91. The molecule has 0 spiro atoms. The number of hydrogen-bond acceptors (Lipinski definition) is 3. The molecule has 0 amide bonds. The number of aliphatic hydroxyl groups excluding tert-OH is 1. The van der Waals surface area contributed by atoms with E-state index in [0.29, 0.717) is 22.0 Å². The number of methoxy groups -OCH3 is 1. The number of ether oxygens (including phenoxy) is 1. The molecule has 20 heavy (non-hydrogen) atoms. The van der Waals surface area contributed by atoms with E-state index in [9.17, 15) is 5.11 Å². The SMILES string of the molecule is COc1cnn(C(C)C)c1C(O)c1cccc(C)c1Cl. The smallest absolute Gasteiger partial charge is 0.163 e. The molecular formula is C15H19ClN2O2. The van der Waals surface area contributed by atoms with E-state index < -0.39 is 6.10 Å². The van der Waals surface area contributed by atoms with E-state index in [-0.39, 0.29) is 6.04 Å². The minimum atomic E-state index is -0.873. The third-order valence-corrected chi connectivity index (χ3v) is 3.80. The summed E-state index contributed by atoms with van der Waals surface area (Å²) in [6.07, 6.45) is 0.740. The van der Waals surface area contributed by atoms with Crippen molar-refractivity contribution >= 4 is 11.6 Å². The minimum Gasteiger partial charge on any atom is -0.493 e. The van der Waals surface area contributed by atoms with Crippen LogP contribution in [0.15, 0.2) is 24.4 Å². The first-order chi connectivity index (χ1) is 9.47. The summed E-state index contributed by atoms with van der Waals surface area (Å²) in [5.41, 5.74) is 2.21. The molecule has 1 heterocycles. The molecule has 1 atom stereocenters. The Balaban J connectivity index is 2.55. The van der Waals surface area contributed by atoms with Crippen molar-refractivity contribution in [2.24, 2.45) is 0 Å². The van der Waals surface area contributed by atoms with Gasteiger partial charge in [-0.1, -0.05) is 29.8 Å². The molecule has 0 radical (unpaired) electrons. The minimum absolute atomic E-state index is 0.118. The molecule has 0 saturated heterocycles. The van der Waals surface area contributed by atoms with Crippen molar-refractivity contribution in [2.45, 2.75) is 32.9 Å². The van der Waals surface area contributed by atoms with E-state index in [2.05, 4.69) is 5.10 Å². The van der Waals surface area contributed by atoms with Gasteiger partial charge in [-0.25, -0.2) is 0 Å². The second-order valence-corrected chi connectivity index (χ2v) is 5.40. The zero-order chi connectivity index (χ0) is 14.9. The molecule has 0 saturated carbocycles. The number of rotatable bonds is 4. The van der Waals surface area contributed by atoms with Crippen LogP contribution in [-0.2, 0) is 0 Å². The van der Waals surface area contributed by atoms with Crippen molar-refractivity contribution in [3.63, 3.8) is 0 Å². The zero-order valence-corrected chi connectivity index (χ0v) is 12.8. The van der Waals surface area contributed by atoms with Crippen molar-refractivity contribution in [3.05, 3.63) is 46.2 Å². The van der Waals surface area contributed by atoms with Gasteiger partial charge in [-0.2, -0.15) is 5.10 Å². The van der Waals surface area contributed by atoms with E-state index in [4.69, 9.17) is 16.3 Å². The Bertz CT molecular complexity index is 608. The molecule has 0 aliphatic heterocycles. The van der Waals surface area contributed by atoms with E-state index in [0.717, 1.165) is 5.56 Å². The highest BCUT2D eigenvalue weighted by atomic mass is 35.5. The molecule has 2 aromatic rings. The maximum absolute atomic E-state index is 10.7. The van der Waals surface area contributed by atoms with Crippen molar-refractivity contribution in [1.82, 2.24) is 9.78 Å². The number of halogens is 1. The van der Waals surface area contributed by atoms with Gasteiger partial charge < -0.3 is 9.84 Å². The molecule has 108 valence electrons. The number of benzene rings is 1. The number of aliphatic hydroxyl groups is 1. The molecule has 1 aromatic carbocycles. The first-order valence-electron chi connectivity index (χ1n) is 6.51. The molecule has 2 rings (SSSR count). The van der Waals surface area contributed by atoms with Gasteiger partial charge >= 0.3 is 0 Å². The Hall–Kier alpha value is -1.52. The summed E-state index contributed by atoms with van der Waals surface area (Å²) >= 11 is 6.30. The highest BCUT2D eigenvalue weighted by molar-refractivity contribution is 6.32. The predicted molar refractivity (Wildman–Crippen MR) is 79.4 cm³/mol. The summed E-state index contributed by atoms with van der Waals surface area (Å²) in [7, 11) is 1.57. The van der Waals surface area contributed by atoms with Gasteiger partial charge in [0.2, 0.25) is 0 Å². The molecule has 0 fully saturated rings. The van der Waals surface area contributed by atoms with Gasteiger partial charge in [-0.05, 0) is 26.3 Å². The van der Waals surface area contributed by atoms with Crippen molar-refractivity contribution < 1.29 is 9.84 Å². The van der Waals surface area contributed by atoms with Crippen molar-refractivity contribution in [2.75, 3.05) is 7.11 Å². The fraction of sp³-hybridized carbons (Fsp3) is 0.400. The Morgan fingerprint density at radius 1 is 1.35 bits per heavy atom. The zero-order valence-electron chi connectivity index (χ0n) is 12.1. The highest BCUT2D eigenvalue weighted by Gasteiger charge is 2.24. The summed E-state index contributed by atoms with van der Waals surface area (Å²) in [5.74, 6) is 0.559. The van der Waals surface area contributed by atoms with Gasteiger partial charge in [-0.3, -0.25) is 4.68 Å². The lowest BCUT2D eigenvalue weighted by atomic mass is 10.0. The Morgan fingerprint density at radius 3 is 2.65 bits per heavy atom. The molecule has 1 aromatic heterocycles. The molecule has 0 aliphatic carbocycles.